The molecule has 1 aliphatic rings. The van der Waals surface area contributed by atoms with Crippen LogP contribution in [-0.2, 0) is 13.0 Å². The Morgan fingerprint density at radius 1 is 1.29 bits per heavy atom. The van der Waals surface area contributed by atoms with Gasteiger partial charge in [0, 0.05) is 6.54 Å². The normalized spacial score (nSPS) is 26.2. The summed E-state index contributed by atoms with van der Waals surface area (Å²) in [5, 5.41) is 8.84. The molecule has 3 unspecified atom stereocenters. The first-order chi connectivity index (χ1) is 10.1. The number of hydrogen-bond acceptors (Lipinski definition) is 2. The van der Waals surface area contributed by atoms with E-state index in [-0.39, 0.29) is 0 Å². The largest absolute Gasteiger partial charge is 0.319 e. The average Bonchev–Trinajstić information content (AvgIpc) is 2.76. The molecule has 1 aromatic rings. The maximum absolute atomic E-state index is 6.51. The molecule has 3 nitrogen and oxygen atoms in total. The van der Waals surface area contributed by atoms with Crippen LogP contribution < -0.4 is 5.32 Å². The fourth-order valence-corrected chi connectivity index (χ4v) is 4.10. The van der Waals surface area contributed by atoms with Gasteiger partial charge >= 0.3 is 0 Å². The lowest BCUT2D eigenvalue weighted by Crippen LogP contribution is -2.33. The van der Waals surface area contributed by atoms with Crippen LogP contribution in [-0.4, -0.2) is 23.4 Å². The van der Waals surface area contributed by atoms with Crippen molar-refractivity contribution in [2.45, 2.75) is 59.4 Å². The SMILES string of the molecule is CCC1CCC(CNC)C(Cc2c(Cl)c(C)nn2CC)C1. The van der Waals surface area contributed by atoms with Gasteiger partial charge in [0.25, 0.3) is 0 Å². The summed E-state index contributed by atoms with van der Waals surface area (Å²) in [5.41, 5.74) is 2.22. The van der Waals surface area contributed by atoms with Crippen molar-refractivity contribution in [3.05, 3.63) is 16.4 Å². The van der Waals surface area contributed by atoms with Crippen molar-refractivity contribution in [1.29, 1.82) is 0 Å². The Kier molecular flexibility index (Phi) is 6.12. The maximum atomic E-state index is 6.51. The third kappa shape index (κ3) is 3.81. The zero-order valence-corrected chi connectivity index (χ0v) is 14.7. The smallest absolute Gasteiger partial charge is 0.0847 e. The van der Waals surface area contributed by atoms with E-state index in [1.165, 1.54) is 31.4 Å². The predicted octanol–water partition coefficient (Wildman–Crippen LogP) is 4.07. The Morgan fingerprint density at radius 2 is 2.05 bits per heavy atom. The molecule has 0 amide bonds. The van der Waals surface area contributed by atoms with Crippen LogP contribution in [0.25, 0.3) is 0 Å². The van der Waals surface area contributed by atoms with E-state index in [0.717, 1.165) is 48.0 Å². The summed E-state index contributed by atoms with van der Waals surface area (Å²) in [6.07, 6.45) is 6.46. The highest BCUT2D eigenvalue weighted by Crippen LogP contribution is 2.38. The number of hydrogen-bond donors (Lipinski definition) is 1. The molecule has 21 heavy (non-hydrogen) atoms. The van der Waals surface area contributed by atoms with Crippen molar-refractivity contribution in [1.82, 2.24) is 15.1 Å². The summed E-state index contributed by atoms with van der Waals surface area (Å²) in [6, 6.07) is 0. The Bertz CT molecular complexity index is 455. The lowest BCUT2D eigenvalue weighted by Gasteiger charge is -2.36. The molecule has 1 N–H and O–H groups in total. The van der Waals surface area contributed by atoms with E-state index >= 15 is 0 Å². The zero-order valence-electron chi connectivity index (χ0n) is 14.0. The molecule has 1 fully saturated rings. The first-order valence-corrected chi connectivity index (χ1v) is 8.84. The van der Waals surface area contributed by atoms with Gasteiger partial charge in [0.05, 0.1) is 16.4 Å². The lowest BCUT2D eigenvalue weighted by molar-refractivity contribution is 0.171. The molecule has 1 aliphatic carbocycles. The summed E-state index contributed by atoms with van der Waals surface area (Å²) >= 11 is 6.51. The molecule has 0 saturated heterocycles. The minimum Gasteiger partial charge on any atom is -0.319 e. The lowest BCUT2D eigenvalue weighted by atomic mass is 9.71. The monoisotopic (exact) mass is 311 g/mol. The van der Waals surface area contributed by atoms with Crippen molar-refractivity contribution in [3.8, 4) is 0 Å². The van der Waals surface area contributed by atoms with Crippen LogP contribution >= 0.6 is 11.6 Å². The highest BCUT2D eigenvalue weighted by atomic mass is 35.5. The molecule has 1 saturated carbocycles. The van der Waals surface area contributed by atoms with E-state index < -0.39 is 0 Å². The molecule has 0 spiro atoms. The van der Waals surface area contributed by atoms with Crippen molar-refractivity contribution < 1.29 is 0 Å². The van der Waals surface area contributed by atoms with Gasteiger partial charge in [-0.3, -0.25) is 4.68 Å². The molecule has 3 atom stereocenters. The molecule has 0 radical (unpaired) electrons. The third-order valence-corrected chi connectivity index (χ3v) is 5.69. The van der Waals surface area contributed by atoms with Crippen molar-refractivity contribution in [2.75, 3.05) is 13.6 Å². The van der Waals surface area contributed by atoms with Crippen LogP contribution in [0.5, 0.6) is 0 Å². The van der Waals surface area contributed by atoms with Gasteiger partial charge in [-0.05, 0) is 64.5 Å². The highest BCUT2D eigenvalue weighted by molar-refractivity contribution is 6.31. The highest BCUT2D eigenvalue weighted by Gasteiger charge is 2.31. The number of nitrogens with zero attached hydrogens (tertiary/aromatic N) is 2. The van der Waals surface area contributed by atoms with E-state index in [2.05, 4.69) is 36.0 Å². The number of rotatable bonds is 6. The Balaban J connectivity index is 2.17. The first kappa shape index (κ1) is 16.8. The average molecular weight is 312 g/mol. The number of aryl methyl sites for hydroxylation is 2. The fourth-order valence-electron chi connectivity index (χ4n) is 3.89. The van der Waals surface area contributed by atoms with E-state index in [4.69, 9.17) is 11.6 Å². The molecule has 0 bridgehead atoms. The second-order valence-corrected chi connectivity index (χ2v) is 6.91. The second-order valence-electron chi connectivity index (χ2n) is 6.53. The molecular weight excluding hydrogens is 282 g/mol. The van der Waals surface area contributed by atoms with Crippen LogP contribution in [0.2, 0.25) is 5.02 Å². The van der Waals surface area contributed by atoms with E-state index in [0.29, 0.717) is 0 Å². The Morgan fingerprint density at radius 3 is 2.67 bits per heavy atom. The third-order valence-electron chi connectivity index (χ3n) is 5.20. The number of nitrogens with one attached hydrogen (secondary N) is 1. The molecule has 4 heteroatoms. The van der Waals surface area contributed by atoms with Gasteiger partial charge in [0.1, 0.15) is 0 Å². The van der Waals surface area contributed by atoms with Gasteiger partial charge in [-0.2, -0.15) is 5.10 Å². The topological polar surface area (TPSA) is 29.9 Å². The van der Waals surface area contributed by atoms with Gasteiger partial charge in [-0.1, -0.05) is 31.4 Å². The zero-order chi connectivity index (χ0) is 15.4. The summed E-state index contributed by atoms with van der Waals surface area (Å²) in [4.78, 5) is 0. The maximum Gasteiger partial charge on any atom is 0.0847 e. The molecule has 0 aliphatic heterocycles. The van der Waals surface area contributed by atoms with Crippen LogP contribution in [0.3, 0.4) is 0 Å². The number of aromatic nitrogens is 2. The molecule has 120 valence electrons. The molecule has 1 aromatic heterocycles. The van der Waals surface area contributed by atoms with Gasteiger partial charge < -0.3 is 5.32 Å². The molecule has 1 heterocycles. The van der Waals surface area contributed by atoms with Crippen LogP contribution in [0.15, 0.2) is 0 Å². The quantitative estimate of drug-likeness (QED) is 0.858. The van der Waals surface area contributed by atoms with E-state index in [1.54, 1.807) is 0 Å². The fraction of sp³-hybridized carbons (Fsp3) is 0.824. The van der Waals surface area contributed by atoms with Crippen LogP contribution in [0.4, 0.5) is 0 Å². The van der Waals surface area contributed by atoms with Crippen molar-refractivity contribution >= 4 is 11.6 Å². The van der Waals surface area contributed by atoms with E-state index in [1.807, 2.05) is 6.92 Å². The summed E-state index contributed by atoms with van der Waals surface area (Å²) < 4.78 is 2.10. The van der Waals surface area contributed by atoms with E-state index in [9.17, 15) is 0 Å². The van der Waals surface area contributed by atoms with Crippen LogP contribution in [0.1, 0.15) is 50.9 Å². The first-order valence-electron chi connectivity index (χ1n) is 8.46. The minimum absolute atomic E-state index is 0.732. The van der Waals surface area contributed by atoms with Gasteiger partial charge in [0.2, 0.25) is 0 Å². The standard InChI is InChI=1S/C17H30ClN3/c1-5-13-7-8-14(11-19-4)15(9-13)10-16-17(18)12(3)20-21(16)6-2/h13-15,19H,5-11H2,1-4H3. The Labute approximate surface area is 134 Å². The Hall–Kier alpha value is -0.540. The van der Waals surface area contributed by atoms with Crippen LogP contribution in [0, 0.1) is 24.7 Å². The number of halogens is 1. The molecule has 2 rings (SSSR count). The molecule has 0 aromatic carbocycles. The summed E-state index contributed by atoms with van der Waals surface area (Å²) in [5.74, 6) is 2.39. The van der Waals surface area contributed by atoms with Crippen molar-refractivity contribution in [3.63, 3.8) is 0 Å². The van der Waals surface area contributed by atoms with Gasteiger partial charge in [0.15, 0.2) is 0 Å². The molecular formula is C17H30ClN3. The summed E-state index contributed by atoms with van der Waals surface area (Å²) in [6.45, 7) is 8.51. The van der Waals surface area contributed by atoms with Gasteiger partial charge in [-0.25, -0.2) is 0 Å². The van der Waals surface area contributed by atoms with Crippen molar-refractivity contribution in [2.24, 2.45) is 17.8 Å². The predicted molar refractivity (Wildman–Crippen MR) is 89.9 cm³/mol. The van der Waals surface area contributed by atoms with Gasteiger partial charge in [-0.15, -0.1) is 0 Å². The summed E-state index contributed by atoms with van der Waals surface area (Å²) in [7, 11) is 2.07. The second kappa shape index (κ2) is 7.64. The minimum atomic E-state index is 0.732.